The summed E-state index contributed by atoms with van der Waals surface area (Å²) in [7, 11) is 0. The molecule has 1 aliphatic rings. The predicted octanol–water partition coefficient (Wildman–Crippen LogP) is 3.75. The normalized spacial score (nSPS) is 19.5. The van der Waals surface area contributed by atoms with Gasteiger partial charge in [0.15, 0.2) is 0 Å². The number of carbonyl (C=O) groups is 1. The maximum Gasteiger partial charge on any atom is 0.318 e. The monoisotopic (exact) mass is 301 g/mol. The molecule has 1 aliphatic heterocycles. The van der Waals surface area contributed by atoms with Crippen molar-refractivity contribution in [2.75, 3.05) is 6.54 Å². The second-order valence-electron chi connectivity index (χ2n) is 5.32. The van der Waals surface area contributed by atoms with Crippen molar-refractivity contribution in [1.29, 1.82) is 0 Å². The van der Waals surface area contributed by atoms with Gasteiger partial charge in [0.2, 0.25) is 0 Å². The molecule has 0 unspecified atom stereocenters. The molecule has 2 amide bonds. The van der Waals surface area contributed by atoms with Gasteiger partial charge in [-0.25, -0.2) is 4.79 Å². The molecule has 0 aromatic carbocycles. The minimum Gasteiger partial charge on any atom is -0.331 e. The van der Waals surface area contributed by atoms with E-state index in [0.717, 1.165) is 24.9 Å². The average Bonchev–Trinajstić information content (AvgIpc) is 3.18. The minimum absolute atomic E-state index is 0.00918. The molecule has 2 atom stereocenters. The summed E-state index contributed by atoms with van der Waals surface area (Å²) >= 11 is 1.73. The molecule has 0 radical (unpaired) electrons. The molecule has 3 heterocycles. The lowest BCUT2D eigenvalue weighted by Crippen LogP contribution is -2.40. The van der Waals surface area contributed by atoms with Crippen molar-refractivity contribution < 1.29 is 4.79 Å². The van der Waals surface area contributed by atoms with Gasteiger partial charge in [0.25, 0.3) is 0 Å². The molecule has 4 nitrogen and oxygen atoms in total. The first-order valence-corrected chi connectivity index (χ1v) is 8.14. The van der Waals surface area contributed by atoms with Gasteiger partial charge in [-0.2, -0.15) is 0 Å². The highest BCUT2D eigenvalue weighted by Gasteiger charge is 2.31. The number of hydrogen-bond acceptors (Lipinski definition) is 3. The molecule has 0 bridgehead atoms. The van der Waals surface area contributed by atoms with E-state index in [-0.39, 0.29) is 18.1 Å². The molecule has 1 saturated heterocycles. The lowest BCUT2D eigenvalue weighted by Gasteiger charge is -2.26. The fourth-order valence-electron chi connectivity index (χ4n) is 2.79. The highest BCUT2D eigenvalue weighted by Crippen LogP contribution is 2.34. The van der Waals surface area contributed by atoms with Crippen molar-refractivity contribution in [3.8, 4) is 0 Å². The summed E-state index contributed by atoms with van der Waals surface area (Å²) in [4.78, 5) is 19.8. The van der Waals surface area contributed by atoms with Crippen LogP contribution in [0, 0.1) is 0 Å². The maximum atomic E-state index is 12.5. The highest BCUT2D eigenvalue weighted by atomic mass is 32.1. The quantitative estimate of drug-likeness (QED) is 0.938. The number of thiophene rings is 1. The first-order valence-electron chi connectivity index (χ1n) is 7.26. The van der Waals surface area contributed by atoms with Crippen molar-refractivity contribution in [2.24, 2.45) is 0 Å². The molecule has 2 aromatic heterocycles. The number of pyridine rings is 1. The first-order chi connectivity index (χ1) is 10.3. The van der Waals surface area contributed by atoms with E-state index in [2.05, 4.69) is 21.7 Å². The number of amides is 2. The number of hydrogen-bond donors (Lipinski definition) is 1. The van der Waals surface area contributed by atoms with Crippen LogP contribution in [-0.4, -0.2) is 22.5 Å². The van der Waals surface area contributed by atoms with Gasteiger partial charge in [-0.1, -0.05) is 6.07 Å². The van der Waals surface area contributed by atoms with E-state index in [1.807, 2.05) is 30.0 Å². The van der Waals surface area contributed by atoms with E-state index in [0.29, 0.717) is 0 Å². The Morgan fingerprint density at radius 3 is 2.95 bits per heavy atom. The largest absolute Gasteiger partial charge is 0.331 e. The highest BCUT2D eigenvalue weighted by molar-refractivity contribution is 7.10. The summed E-state index contributed by atoms with van der Waals surface area (Å²) in [6, 6.07) is 8.29. The van der Waals surface area contributed by atoms with Crippen LogP contribution in [0.15, 0.2) is 42.0 Å². The predicted molar refractivity (Wildman–Crippen MR) is 84.2 cm³/mol. The van der Waals surface area contributed by atoms with E-state index in [9.17, 15) is 4.79 Å². The Morgan fingerprint density at radius 1 is 1.43 bits per heavy atom. The van der Waals surface area contributed by atoms with Gasteiger partial charge in [-0.3, -0.25) is 4.98 Å². The zero-order valence-corrected chi connectivity index (χ0v) is 12.8. The van der Waals surface area contributed by atoms with Crippen molar-refractivity contribution >= 4 is 17.4 Å². The summed E-state index contributed by atoms with van der Waals surface area (Å²) in [6.45, 7) is 2.83. The van der Waals surface area contributed by atoms with Gasteiger partial charge < -0.3 is 10.2 Å². The standard InChI is InChI=1S/C16H19N3OS/c1-12(13-6-8-17-9-7-13)18-16(20)19-10-2-4-14(19)15-5-3-11-21-15/h3,5-9,11-12,14H,2,4,10H2,1H3,(H,18,20)/t12-,14-/m0/s1. The summed E-state index contributed by atoms with van der Waals surface area (Å²) in [5.74, 6) is 0. The maximum absolute atomic E-state index is 12.5. The Morgan fingerprint density at radius 2 is 2.24 bits per heavy atom. The molecule has 0 saturated carbocycles. The summed E-state index contributed by atoms with van der Waals surface area (Å²) in [5, 5.41) is 5.17. The fraction of sp³-hybridized carbons (Fsp3) is 0.375. The Bertz CT molecular complexity index is 585. The van der Waals surface area contributed by atoms with E-state index in [1.165, 1.54) is 4.88 Å². The molecule has 0 aliphatic carbocycles. The Kier molecular flexibility index (Phi) is 4.20. The second-order valence-corrected chi connectivity index (χ2v) is 6.30. The Labute approximate surface area is 128 Å². The van der Waals surface area contributed by atoms with Crippen molar-refractivity contribution in [2.45, 2.75) is 31.8 Å². The average molecular weight is 301 g/mol. The third kappa shape index (κ3) is 3.08. The molecule has 5 heteroatoms. The number of aromatic nitrogens is 1. The lowest BCUT2D eigenvalue weighted by molar-refractivity contribution is 0.190. The second kappa shape index (κ2) is 6.26. The van der Waals surface area contributed by atoms with Crippen LogP contribution in [0.3, 0.4) is 0 Å². The lowest BCUT2D eigenvalue weighted by atomic mass is 10.1. The third-order valence-electron chi connectivity index (χ3n) is 3.93. The van der Waals surface area contributed by atoms with Gasteiger partial charge in [-0.15, -0.1) is 11.3 Å². The molecule has 110 valence electrons. The Balaban J connectivity index is 1.67. The van der Waals surface area contributed by atoms with Crippen LogP contribution < -0.4 is 5.32 Å². The Hall–Kier alpha value is -1.88. The molecule has 2 aromatic rings. The molecule has 3 rings (SSSR count). The zero-order chi connectivity index (χ0) is 14.7. The van der Waals surface area contributed by atoms with E-state index in [4.69, 9.17) is 0 Å². The molecule has 1 N–H and O–H groups in total. The number of likely N-dealkylation sites (tertiary alicyclic amines) is 1. The fourth-order valence-corrected chi connectivity index (χ4v) is 3.66. The molecule has 1 fully saturated rings. The SMILES string of the molecule is C[C@H](NC(=O)N1CCC[C@H]1c1cccs1)c1ccncc1. The molecular formula is C16H19N3OS. The first kappa shape index (κ1) is 14.1. The van der Waals surface area contributed by atoms with Crippen LogP contribution in [0.5, 0.6) is 0 Å². The molecular weight excluding hydrogens is 282 g/mol. The summed E-state index contributed by atoms with van der Waals surface area (Å²) in [5.41, 5.74) is 1.07. The number of nitrogens with one attached hydrogen (secondary N) is 1. The number of carbonyl (C=O) groups excluding carboxylic acids is 1. The minimum atomic E-state index is -0.00918. The van der Waals surface area contributed by atoms with Gasteiger partial charge in [-0.05, 0) is 48.9 Å². The topological polar surface area (TPSA) is 45.2 Å². The van der Waals surface area contributed by atoms with Crippen molar-refractivity contribution in [3.63, 3.8) is 0 Å². The van der Waals surface area contributed by atoms with Gasteiger partial charge in [0, 0.05) is 23.8 Å². The number of urea groups is 1. The zero-order valence-electron chi connectivity index (χ0n) is 12.0. The third-order valence-corrected chi connectivity index (χ3v) is 4.90. The van der Waals surface area contributed by atoms with Crippen LogP contribution in [0.25, 0.3) is 0 Å². The van der Waals surface area contributed by atoms with Gasteiger partial charge in [0.1, 0.15) is 0 Å². The number of nitrogens with zero attached hydrogens (tertiary/aromatic N) is 2. The van der Waals surface area contributed by atoms with Crippen LogP contribution in [0.2, 0.25) is 0 Å². The summed E-state index contributed by atoms with van der Waals surface area (Å²) in [6.07, 6.45) is 5.63. The van der Waals surface area contributed by atoms with Crippen LogP contribution in [0.1, 0.15) is 42.3 Å². The smallest absolute Gasteiger partial charge is 0.318 e. The van der Waals surface area contributed by atoms with E-state index >= 15 is 0 Å². The van der Waals surface area contributed by atoms with Gasteiger partial charge >= 0.3 is 6.03 Å². The number of rotatable bonds is 3. The van der Waals surface area contributed by atoms with Crippen molar-refractivity contribution in [3.05, 3.63) is 52.5 Å². The molecule has 0 spiro atoms. The van der Waals surface area contributed by atoms with Crippen molar-refractivity contribution in [1.82, 2.24) is 15.2 Å². The summed E-state index contributed by atoms with van der Waals surface area (Å²) < 4.78 is 0. The van der Waals surface area contributed by atoms with Crippen LogP contribution in [0.4, 0.5) is 4.79 Å². The van der Waals surface area contributed by atoms with Crippen LogP contribution in [-0.2, 0) is 0 Å². The van der Waals surface area contributed by atoms with Gasteiger partial charge in [0.05, 0.1) is 12.1 Å². The van der Waals surface area contributed by atoms with E-state index in [1.54, 1.807) is 23.7 Å². The molecule has 21 heavy (non-hydrogen) atoms. The van der Waals surface area contributed by atoms with Crippen LogP contribution >= 0.6 is 11.3 Å². The van der Waals surface area contributed by atoms with E-state index < -0.39 is 0 Å².